The Morgan fingerprint density at radius 1 is 1.22 bits per heavy atom. The fourth-order valence-corrected chi connectivity index (χ4v) is 3.11. The van der Waals surface area contributed by atoms with Crippen LogP contribution >= 0.6 is 27.7 Å². The van der Waals surface area contributed by atoms with Crippen LogP contribution in [0.1, 0.15) is 12.6 Å². The second-order valence-electron chi connectivity index (χ2n) is 5.01. The average molecular weight is 393 g/mol. The minimum absolute atomic E-state index is 0.435. The van der Waals surface area contributed by atoms with Gasteiger partial charge in [0.25, 0.3) is 0 Å². The third-order valence-corrected chi connectivity index (χ3v) is 4.74. The van der Waals surface area contributed by atoms with Crippen LogP contribution in [-0.4, -0.2) is 29.8 Å². The highest BCUT2D eigenvalue weighted by atomic mass is 79.9. The van der Waals surface area contributed by atoms with Crippen molar-refractivity contribution < 1.29 is 0 Å². The summed E-state index contributed by atoms with van der Waals surface area (Å²) in [6.07, 6.45) is 1.80. The van der Waals surface area contributed by atoms with E-state index in [0.717, 1.165) is 22.7 Å². The normalized spacial score (nSPS) is 12.7. The molecule has 1 aromatic heterocycles. The van der Waals surface area contributed by atoms with E-state index in [1.54, 1.807) is 13.2 Å². The van der Waals surface area contributed by atoms with Crippen LogP contribution in [0.5, 0.6) is 0 Å². The van der Waals surface area contributed by atoms with Gasteiger partial charge in [-0.05, 0) is 36.4 Å². The molecule has 0 aliphatic heterocycles. The molecule has 0 bridgehead atoms. The molecule has 1 atom stereocenters. The van der Waals surface area contributed by atoms with Crippen LogP contribution in [0.2, 0.25) is 0 Å². The van der Waals surface area contributed by atoms with E-state index in [0.29, 0.717) is 11.8 Å². The van der Waals surface area contributed by atoms with Gasteiger partial charge in [0.05, 0.1) is 12.2 Å². The van der Waals surface area contributed by atoms with Crippen LogP contribution in [0.4, 0.5) is 0 Å². The largest absolute Gasteiger partial charge is 0.355 e. The molecule has 4 nitrogen and oxygen atoms in total. The van der Waals surface area contributed by atoms with Crippen LogP contribution in [0.3, 0.4) is 0 Å². The number of pyridine rings is 1. The van der Waals surface area contributed by atoms with Crippen LogP contribution in [-0.2, 0) is 6.54 Å². The smallest absolute Gasteiger partial charge is 0.191 e. The van der Waals surface area contributed by atoms with E-state index >= 15 is 0 Å². The minimum Gasteiger partial charge on any atom is -0.355 e. The lowest BCUT2D eigenvalue weighted by Gasteiger charge is -2.15. The number of aliphatic imine (C=N–C) groups is 1. The maximum absolute atomic E-state index is 4.29. The summed E-state index contributed by atoms with van der Waals surface area (Å²) in [6.45, 7) is 3.70. The molecule has 23 heavy (non-hydrogen) atoms. The topological polar surface area (TPSA) is 49.3 Å². The number of hydrogen-bond donors (Lipinski definition) is 2. The Hall–Kier alpha value is -1.53. The molecule has 0 aliphatic rings. The van der Waals surface area contributed by atoms with E-state index in [1.165, 1.54) is 4.90 Å². The van der Waals surface area contributed by atoms with E-state index in [9.17, 15) is 0 Å². The molecule has 0 saturated heterocycles. The Kier molecular flexibility index (Phi) is 7.42. The van der Waals surface area contributed by atoms with Crippen molar-refractivity contribution in [3.05, 3.63) is 58.8 Å². The monoisotopic (exact) mass is 392 g/mol. The lowest BCUT2D eigenvalue weighted by atomic mass is 10.3. The second kappa shape index (κ2) is 9.57. The molecule has 0 amide bonds. The molecule has 2 rings (SSSR count). The van der Waals surface area contributed by atoms with Crippen molar-refractivity contribution in [1.29, 1.82) is 0 Å². The SMILES string of the molecule is CN=C(NCc1ccccn1)NCC(C)Sc1ccc(Br)cc1. The molecule has 0 saturated carbocycles. The molecule has 0 aliphatic carbocycles. The van der Waals surface area contributed by atoms with Crippen LogP contribution in [0, 0.1) is 0 Å². The van der Waals surface area contributed by atoms with Crippen molar-refractivity contribution in [2.45, 2.75) is 23.6 Å². The Morgan fingerprint density at radius 3 is 2.65 bits per heavy atom. The maximum Gasteiger partial charge on any atom is 0.191 e. The Morgan fingerprint density at radius 2 is 2.00 bits per heavy atom. The van der Waals surface area contributed by atoms with Gasteiger partial charge in [-0.2, -0.15) is 0 Å². The van der Waals surface area contributed by atoms with Gasteiger partial charge in [0.1, 0.15) is 0 Å². The third-order valence-electron chi connectivity index (χ3n) is 3.09. The molecule has 1 heterocycles. The number of nitrogens with zero attached hydrogens (tertiary/aromatic N) is 2. The highest BCUT2D eigenvalue weighted by Crippen LogP contribution is 2.24. The summed E-state index contributed by atoms with van der Waals surface area (Å²) in [7, 11) is 1.78. The zero-order chi connectivity index (χ0) is 16.5. The first-order valence-corrected chi connectivity index (χ1v) is 9.11. The third kappa shape index (κ3) is 6.62. The van der Waals surface area contributed by atoms with Crippen molar-refractivity contribution in [3.63, 3.8) is 0 Å². The van der Waals surface area contributed by atoms with E-state index in [1.807, 2.05) is 30.0 Å². The summed E-state index contributed by atoms with van der Waals surface area (Å²) in [5.74, 6) is 0.791. The van der Waals surface area contributed by atoms with Gasteiger partial charge in [-0.3, -0.25) is 9.98 Å². The molecule has 6 heteroatoms. The molecular weight excluding hydrogens is 372 g/mol. The van der Waals surface area contributed by atoms with Crippen molar-refractivity contribution in [1.82, 2.24) is 15.6 Å². The van der Waals surface area contributed by atoms with Gasteiger partial charge in [0.15, 0.2) is 5.96 Å². The van der Waals surface area contributed by atoms with Crippen molar-refractivity contribution >= 4 is 33.7 Å². The number of benzene rings is 1. The van der Waals surface area contributed by atoms with Gasteiger partial charge >= 0.3 is 0 Å². The number of thioether (sulfide) groups is 1. The van der Waals surface area contributed by atoms with E-state index < -0.39 is 0 Å². The number of aromatic nitrogens is 1. The predicted molar refractivity (Wildman–Crippen MR) is 102 cm³/mol. The molecule has 1 aromatic carbocycles. The summed E-state index contributed by atoms with van der Waals surface area (Å²) in [5.41, 5.74) is 0.993. The van der Waals surface area contributed by atoms with Gasteiger partial charge in [-0.1, -0.05) is 28.9 Å². The van der Waals surface area contributed by atoms with Crippen LogP contribution < -0.4 is 10.6 Å². The summed E-state index contributed by atoms with van der Waals surface area (Å²) in [5, 5.41) is 7.06. The van der Waals surface area contributed by atoms with Gasteiger partial charge in [0.2, 0.25) is 0 Å². The maximum atomic E-state index is 4.29. The fraction of sp³-hybridized carbons (Fsp3) is 0.294. The van der Waals surface area contributed by atoms with Gasteiger partial charge < -0.3 is 10.6 Å². The van der Waals surface area contributed by atoms with E-state index in [-0.39, 0.29) is 0 Å². The highest BCUT2D eigenvalue weighted by molar-refractivity contribution is 9.10. The number of halogens is 1. The standard InChI is InChI=1S/C17H21BrN4S/c1-13(23-16-8-6-14(18)7-9-16)11-21-17(19-2)22-12-15-5-3-4-10-20-15/h3-10,13H,11-12H2,1-2H3,(H2,19,21,22). The lowest BCUT2D eigenvalue weighted by Crippen LogP contribution is -2.39. The summed E-state index contributed by atoms with van der Waals surface area (Å²) in [6, 6.07) is 14.3. The molecule has 0 radical (unpaired) electrons. The molecular formula is C17H21BrN4S. The fourth-order valence-electron chi connectivity index (χ4n) is 1.93. The summed E-state index contributed by atoms with van der Waals surface area (Å²) >= 11 is 5.30. The predicted octanol–water partition coefficient (Wildman–Crippen LogP) is 3.69. The molecule has 2 aromatic rings. The first-order chi connectivity index (χ1) is 11.2. The van der Waals surface area contributed by atoms with Crippen LogP contribution in [0.15, 0.2) is 63.0 Å². The second-order valence-corrected chi connectivity index (χ2v) is 7.44. The molecule has 0 fully saturated rings. The Labute approximate surface area is 150 Å². The van der Waals surface area contributed by atoms with Gasteiger partial charge in [-0.25, -0.2) is 0 Å². The number of nitrogens with one attached hydrogen (secondary N) is 2. The average Bonchev–Trinajstić information content (AvgIpc) is 2.58. The van der Waals surface area contributed by atoms with Crippen LogP contribution in [0.25, 0.3) is 0 Å². The summed E-state index contributed by atoms with van der Waals surface area (Å²) in [4.78, 5) is 9.80. The quantitative estimate of drug-likeness (QED) is 0.447. The van der Waals surface area contributed by atoms with Crippen molar-refractivity contribution in [3.8, 4) is 0 Å². The van der Waals surface area contributed by atoms with Gasteiger partial charge in [-0.15, -0.1) is 11.8 Å². The molecule has 0 spiro atoms. The minimum atomic E-state index is 0.435. The first-order valence-electron chi connectivity index (χ1n) is 7.44. The first kappa shape index (κ1) is 17.8. The van der Waals surface area contributed by atoms with Crippen molar-refractivity contribution in [2.24, 2.45) is 4.99 Å². The summed E-state index contributed by atoms with van der Waals surface area (Å²) < 4.78 is 1.10. The van der Waals surface area contributed by atoms with E-state index in [2.05, 4.69) is 67.7 Å². The molecule has 1 unspecified atom stereocenters. The zero-order valence-corrected chi connectivity index (χ0v) is 15.7. The highest BCUT2D eigenvalue weighted by Gasteiger charge is 2.06. The zero-order valence-electron chi connectivity index (χ0n) is 13.3. The Bertz CT molecular complexity index is 616. The lowest BCUT2D eigenvalue weighted by molar-refractivity contribution is 0.780. The number of hydrogen-bond acceptors (Lipinski definition) is 3. The van der Waals surface area contributed by atoms with Gasteiger partial charge in [0, 0.05) is 34.4 Å². The van der Waals surface area contributed by atoms with E-state index in [4.69, 9.17) is 0 Å². The number of rotatable bonds is 6. The Balaban J connectivity index is 1.75. The van der Waals surface area contributed by atoms with Crippen molar-refractivity contribution in [2.75, 3.05) is 13.6 Å². The molecule has 2 N–H and O–H groups in total. The number of guanidine groups is 1. The molecule has 122 valence electrons.